The van der Waals surface area contributed by atoms with Crippen LogP contribution in [-0.2, 0) is 6.42 Å². The molecule has 0 radical (unpaired) electrons. The van der Waals surface area contributed by atoms with E-state index in [4.69, 9.17) is 0 Å². The lowest BCUT2D eigenvalue weighted by Crippen LogP contribution is -2.43. The summed E-state index contributed by atoms with van der Waals surface area (Å²) in [5.74, 6) is 0. The normalized spacial score (nSPS) is 23.7. The van der Waals surface area contributed by atoms with E-state index in [-0.39, 0.29) is 0 Å². The number of likely N-dealkylation sites (N-methyl/N-ethyl adjacent to an activating group) is 1. The van der Waals surface area contributed by atoms with Crippen LogP contribution in [0.15, 0.2) is 30.3 Å². The third-order valence-electron chi connectivity index (χ3n) is 4.36. The Morgan fingerprint density at radius 3 is 2.74 bits per heavy atom. The van der Waals surface area contributed by atoms with Gasteiger partial charge in [0.2, 0.25) is 0 Å². The lowest BCUT2D eigenvalue weighted by atomic mass is 9.90. The largest absolute Gasteiger partial charge is 0.314 e. The van der Waals surface area contributed by atoms with Crippen LogP contribution in [0.3, 0.4) is 0 Å². The molecule has 106 valence electrons. The van der Waals surface area contributed by atoms with Crippen molar-refractivity contribution in [2.75, 3.05) is 20.1 Å². The van der Waals surface area contributed by atoms with Gasteiger partial charge in [-0.25, -0.2) is 0 Å². The second-order valence-electron chi connectivity index (χ2n) is 5.79. The van der Waals surface area contributed by atoms with Crippen LogP contribution >= 0.6 is 0 Å². The quantitative estimate of drug-likeness (QED) is 0.845. The molecule has 2 unspecified atom stereocenters. The highest BCUT2D eigenvalue weighted by molar-refractivity contribution is 5.14. The summed E-state index contributed by atoms with van der Waals surface area (Å²) in [6.45, 7) is 4.49. The first-order valence-electron chi connectivity index (χ1n) is 7.77. The molecular weight excluding hydrogens is 232 g/mol. The molecular formula is C17H28N2. The molecule has 0 heterocycles. The van der Waals surface area contributed by atoms with Crippen molar-refractivity contribution in [2.24, 2.45) is 0 Å². The Hall–Kier alpha value is -0.860. The summed E-state index contributed by atoms with van der Waals surface area (Å²) in [7, 11) is 2.29. The van der Waals surface area contributed by atoms with Crippen molar-refractivity contribution in [1.82, 2.24) is 10.2 Å². The van der Waals surface area contributed by atoms with Gasteiger partial charge < -0.3 is 10.2 Å². The van der Waals surface area contributed by atoms with Crippen molar-refractivity contribution in [3.05, 3.63) is 35.9 Å². The fourth-order valence-corrected chi connectivity index (χ4v) is 3.17. The minimum absolute atomic E-state index is 0.739. The molecule has 0 spiro atoms. The summed E-state index contributed by atoms with van der Waals surface area (Å²) in [5, 5.41) is 3.62. The van der Waals surface area contributed by atoms with E-state index in [9.17, 15) is 0 Å². The van der Waals surface area contributed by atoms with E-state index in [1.165, 1.54) is 44.2 Å². The van der Waals surface area contributed by atoms with E-state index in [1.54, 1.807) is 0 Å². The van der Waals surface area contributed by atoms with E-state index in [1.807, 2.05) is 0 Å². The molecule has 0 aromatic heterocycles. The van der Waals surface area contributed by atoms with Gasteiger partial charge in [0.1, 0.15) is 0 Å². The van der Waals surface area contributed by atoms with Gasteiger partial charge in [-0.2, -0.15) is 0 Å². The molecule has 1 aromatic rings. The highest BCUT2D eigenvalue weighted by Crippen LogP contribution is 2.22. The SMILES string of the molecule is CCNC1CCCC(N(C)CCc2ccccc2)C1. The molecule has 2 nitrogen and oxygen atoms in total. The molecule has 1 aromatic carbocycles. The zero-order chi connectivity index (χ0) is 13.5. The minimum atomic E-state index is 0.739. The Labute approximate surface area is 118 Å². The zero-order valence-electron chi connectivity index (χ0n) is 12.4. The van der Waals surface area contributed by atoms with Gasteiger partial charge in [0.15, 0.2) is 0 Å². The van der Waals surface area contributed by atoms with Gasteiger partial charge in [0.05, 0.1) is 0 Å². The van der Waals surface area contributed by atoms with Gasteiger partial charge in [-0.1, -0.05) is 43.7 Å². The fraction of sp³-hybridized carbons (Fsp3) is 0.647. The summed E-state index contributed by atoms with van der Waals surface area (Å²) >= 11 is 0. The topological polar surface area (TPSA) is 15.3 Å². The second-order valence-corrected chi connectivity index (χ2v) is 5.79. The molecule has 2 rings (SSSR count). The van der Waals surface area contributed by atoms with Crippen LogP contribution in [0.2, 0.25) is 0 Å². The highest BCUT2D eigenvalue weighted by Gasteiger charge is 2.23. The van der Waals surface area contributed by atoms with Crippen LogP contribution in [0, 0.1) is 0 Å². The molecule has 1 aliphatic rings. The molecule has 1 fully saturated rings. The van der Waals surface area contributed by atoms with Crippen molar-refractivity contribution in [1.29, 1.82) is 0 Å². The van der Waals surface area contributed by atoms with Gasteiger partial charge >= 0.3 is 0 Å². The number of rotatable bonds is 6. The summed E-state index contributed by atoms with van der Waals surface area (Å²) in [5.41, 5.74) is 1.45. The zero-order valence-corrected chi connectivity index (χ0v) is 12.4. The van der Waals surface area contributed by atoms with Crippen molar-refractivity contribution >= 4 is 0 Å². The number of hydrogen-bond donors (Lipinski definition) is 1. The van der Waals surface area contributed by atoms with Crippen LogP contribution in [0.25, 0.3) is 0 Å². The Morgan fingerprint density at radius 1 is 1.21 bits per heavy atom. The van der Waals surface area contributed by atoms with Gasteiger partial charge in [0, 0.05) is 18.6 Å². The van der Waals surface area contributed by atoms with Crippen molar-refractivity contribution in [3.8, 4) is 0 Å². The Kier molecular flexibility index (Phi) is 5.87. The van der Waals surface area contributed by atoms with E-state index in [2.05, 4.69) is 54.5 Å². The average molecular weight is 260 g/mol. The number of nitrogens with one attached hydrogen (secondary N) is 1. The molecule has 0 saturated heterocycles. The van der Waals surface area contributed by atoms with Crippen LogP contribution in [-0.4, -0.2) is 37.1 Å². The predicted octanol–water partition coefficient (Wildman–Crippen LogP) is 3.08. The average Bonchev–Trinajstić information content (AvgIpc) is 2.46. The lowest BCUT2D eigenvalue weighted by molar-refractivity contribution is 0.171. The first kappa shape index (κ1) is 14.5. The molecule has 1 aliphatic carbocycles. The minimum Gasteiger partial charge on any atom is -0.314 e. The first-order valence-corrected chi connectivity index (χ1v) is 7.77. The molecule has 19 heavy (non-hydrogen) atoms. The number of hydrogen-bond acceptors (Lipinski definition) is 2. The van der Waals surface area contributed by atoms with Crippen LogP contribution in [0.1, 0.15) is 38.2 Å². The summed E-state index contributed by atoms with van der Waals surface area (Å²) < 4.78 is 0. The molecule has 0 aliphatic heterocycles. The lowest BCUT2D eigenvalue weighted by Gasteiger charge is -2.35. The van der Waals surface area contributed by atoms with Gasteiger partial charge in [-0.15, -0.1) is 0 Å². The van der Waals surface area contributed by atoms with E-state index < -0.39 is 0 Å². The maximum atomic E-state index is 3.62. The van der Waals surface area contributed by atoms with Crippen LogP contribution in [0.5, 0.6) is 0 Å². The number of benzene rings is 1. The van der Waals surface area contributed by atoms with E-state index in [0.29, 0.717) is 0 Å². The maximum absolute atomic E-state index is 3.62. The van der Waals surface area contributed by atoms with Crippen molar-refractivity contribution < 1.29 is 0 Å². The Bertz CT molecular complexity index is 348. The van der Waals surface area contributed by atoms with Crippen molar-refractivity contribution in [2.45, 2.75) is 51.1 Å². The van der Waals surface area contributed by atoms with Gasteiger partial charge in [-0.3, -0.25) is 0 Å². The van der Waals surface area contributed by atoms with Crippen LogP contribution in [0.4, 0.5) is 0 Å². The predicted molar refractivity (Wildman–Crippen MR) is 82.5 cm³/mol. The van der Waals surface area contributed by atoms with E-state index >= 15 is 0 Å². The van der Waals surface area contributed by atoms with Gasteiger partial charge in [-0.05, 0) is 44.8 Å². The van der Waals surface area contributed by atoms with E-state index in [0.717, 1.165) is 18.6 Å². The molecule has 2 atom stereocenters. The molecule has 1 N–H and O–H groups in total. The summed E-state index contributed by atoms with van der Waals surface area (Å²) in [6.07, 6.45) is 6.58. The molecule has 1 saturated carbocycles. The highest BCUT2D eigenvalue weighted by atomic mass is 15.1. The third-order valence-corrected chi connectivity index (χ3v) is 4.36. The maximum Gasteiger partial charge on any atom is 0.0107 e. The smallest absolute Gasteiger partial charge is 0.0107 e. The fourth-order valence-electron chi connectivity index (χ4n) is 3.17. The molecule has 2 heteroatoms. The summed E-state index contributed by atoms with van der Waals surface area (Å²) in [4.78, 5) is 2.57. The van der Waals surface area contributed by atoms with Crippen molar-refractivity contribution in [3.63, 3.8) is 0 Å². The second kappa shape index (κ2) is 7.66. The standard InChI is InChI=1S/C17H28N2/c1-3-18-16-10-7-11-17(14-16)19(2)13-12-15-8-5-4-6-9-15/h4-6,8-9,16-18H,3,7,10-14H2,1-2H3. The Morgan fingerprint density at radius 2 is 2.00 bits per heavy atom. The first-order chi connectivity index (χ1) is 9.29. The summed E-state index contributed by atoms with van der Waals surface area (Å²) in [6, 6.07) is 12.3. The monoisotopic (exact) mass is 260 g/mol. The third kappa shape index (κ3) is 4.63. The molecule has 0 bridgehead atoms. The van der Waals surface area contributed by atoms with Crippen LogP contribution < -0.4 is 5.32 Å². The number of nitrogens with zero attached hydrogens (tertiary/aromatic N) is 1. The Balaban J connectivity index is 1.77. The van der Waals surface area contributed by atoms with Gasteiger partial charge in [0.25, 0.3) is 0 Å². The molecule has 0 amide bonds.